The molecule has 0 saturated heterocycles. The molecule has 8 heteroatoms. The van der Waals surface area contributed by atoms with Crippen molar-refractivity contribution < 1.29 is 4.42 Å². The number of benzene rings is 2. The van der Waals surface area contributed by atoms with E-state index in [1.165, 1.54) is 0 Å². The summed E-state index contributed by atoms with van der Waals surface area (Å²) in [5, 5.41) is 7.61. The first-order chi connectivity index (χ1) is 11.1. The van der Waals surface area contributed by atoms with Crippen LogP contribution in [0.15, 0.2) is 56.3 Å². The summed E-state index contributed by atoms with van der Waals surface area (Å²) in [6.45, 7) is 0. The number of rotatable bonds is 2. The van der Waals surface area contributed by atoms with E-state index in [0.29, 0.717) is 17.2 Å². The van der Waals surface area contributed by atoms with Crippen molar-refractivity contribution in [1.29, 1.82) is 0 Å². The van der Waals surface area contributed by atoms with Gasteiger partial charge in [0.25, 0.3) is 0 Å². The average molecular weight is 435 g/mol. The van der Waals surface area contributed by atoms with E-state index in [2.05, 4.69) is 47.0 Å². The Balaban J connectivity index is 1.83. The van der Waals surface area contributed by atoms with Crippen molar-refractivity contribution >= 4 is 48.6 Å². The molecule has 0 aliphatic heterocycles. The molecule has 23 heavy (non-hydrogen) atoms. The van der Waals surface area contributed by atoms with Gasteiger partial charge >= 0.3 is 0 Å². The smallest absolute Gasteiger partial charge is 0.227 e. The number of oxazole rings is 1. The second-order valence-corrected chi connectivity index (χ2v) is 6.60. The summed E-state index contributed by atoms with van der Waals surface area (Å²) in [5.41, 5.74) is 9.78. The Kier molecular flexibility index (Phi) is 3.42. The molecule has 0 radical (unpaired) electrons. The van der Waals surface area contributed by atoms with E-state index in [4.69, 9.17) is 10.2 Å². The summed E-state index contributed by atoms with van der Waals surface area (Å²) >= 11 is 6.87. The molecular weight excluding hydrogens is 426 g/mol. The van der Waals surface area contributed by atoms with Gasteiger partial charge < -0.3 is 10.2 Å². The van der Waals surface area contributed by atoms with Crippen LogP contribution in [0.5, 0.6) is 0 Å². The number of nitrogens with zero attached hydrogens (tertiary/aromatic N) is 4. The molecule has 0 fully saturated rings. The number of aromatic nitrogens is 4. The van der Waals surface area contributed by atoms with Crippen molar-refractivity contribution in [3.8, 4) is 17.1 Å². The normalized spacial score (nSPS) is 11.2. The maximum atomic E-state index is 5.92. The van der Waals surface area contributed by atoms with Crippen LogP contribution in [0, 0.1) is 0 Å². The van der Waals surface area contributed by atoms with Crippen LogP contribution in [0.1, 0.15) is 0 Å². The molecule has 0 unspecified atom stereocenters. The number of nitrogens with two attached hydrogens (primary N) is 1. The SMILES string of the molecule is Nc1c(Br)cc(-c2nc3cc(-n4cnnc4)ccc3o2)cc1Br. The average Bonchev–Trinajstić information content (AvgIpc) is 3.20. The molecule has 0 aliphatic carbocycles. The van der Waals surface area contributed by atoms with Gasteiger partial charge in [0.1, 0.15) is 18.2 Å². The van der Waals surface area contributed by atoms with Crippen molar-refractivity contribution in [2.75, 3.05) is 5.73 Å². The first-order valence-corrected chi connectivity index (χ1v) is 8.21. The molecule has 2 N–H and O–H groups in total. The van der Waals surface area contributed by atoms with Gasteiger partial charge in [0.05, 0.1) is 11.4 Å². The van der Waals surface area contributed by atoms with Gasteiger partial charge in [-0.3, -0.25) is 4.57 Å². The van der Waals surface area contributed by atoms with E-state index >= 15 is 0 Å². The van der Waals surface area contributed by atoms with Crippen LogP contribution >= 0.6 is 31.9 Å². The Morgan fingerprint density at radius 1 is 1.00 bits per heavy atom. The Labute approximate surface area is 147 Å². The lowest BCUT2D eigenvalue weighted by Gasteiger charge is -2.03. The summed E-state index contributed by atoms with van der Waals surface area (Å²) in [6.07, 6.45) is 3.27. The molecule has 6 nitrogen and oxygen atoms in total. The van der Waals surface area contributed by atoms with E-state index in [9.17, 15) is 0 Å². The highest BCUT2D eigenvalue weighted by atomic mass is 79.9. The summed E-state index contributed by atoms with van der Waals surface area (Å²) < 4.78 is 9.22. The maximum absolute atomic E-state index is 5.92. The lowest BCUT2D eigenvalue weighted by atomic mass is 10.2. The molecule has 0 atom stereocenters. The second-order valence-electron chi connectivity index (χ2n) is 4.89. The van der Waals surface area contributed by atoms with E-state index in [0.717, 1.165) is 25.7 Å². The lowest BCUT2D eigenvalue weighted by molar-refractivity contribution is 0.619. The van der Waals surface area contributed by atoms with Crippen molar-refractivity contribution in [2.24, 2.45) is 0 Å². The lowest BCUT2D eigenvalue weighted by Crippen LogP contribution is -1.90. The molecule has 2 heterocycles. The molecule has 0 saturated carbocycles. The van der Waals surface area contributed by atoms with Gasteiger partial charge in [-0.15, -0.1) is 10.2 Å². The molecule has 0 aliphatic rings. The first-order valence-electron chi connectivity index (χ1n) is 6.62. The van der Waals surface area contributed by atoms with E-state index in [1.54, 1.807) is 12.7 Å². The van der Waals surface area contributed by atoms with E-state index < -0.39 is 0 Å². The predicted molar refractivity (Wildman–Crippen MR) is 94.2 cm³/mol. The molecule has 0 spiro atoms. The molecule has 0 amide bonds. The highest BCUT2D eigenvalue weighted by Gasteiger charge is 2.12. The van der Waals surface area contributed by atoms with Crippen LogP contribution < -0.4 is 5.73 Å². The van der Waals surface area contributed by atoms with E-state index in [-0.39, 0.29) is 0 Å². The maximum Gasteiger partial charge on any atom is 0.227 e. The number of fused-ring (bicyclic) bond motifs is 1. The third-order valence-electron chi connectivity index (χ3n) is 3.41. The van der Waals surface area contributed by atoms with Gasteiger partial charge in [0.2, 0.25) is 5.89 Å². The fraction of sp³-hybridized carbons (Fsp3) is 0. The number of halogens is 2. The molecule has 114 valence electrons. The standard InChI is InChI=1S/C15H9Br2N5O/c16-10-3-8(4-11(17)14(10)18)15-21-12-5-9(1-2-13(12)23-15)22-6-19-20-7-22/h1-7H,18H2. The summed E-state index contributed by atoms with van der Waals surface area (Å²) in [4.78, 5) is 4.56. The Morgan fingerprint density at radius 2 is 1.70 bits per heavy atom. The van der Waals surface area contributed by atoms with Crippen LogP contribution in [-0.2, 0) is 0 Å². The zero-order chi connectivity index (χ0) is 16.0. The van der Waals surface area contributed by atoms with Crippen LogP contribution in [-0.4, -0.2) is 19.7 Å². The minimum absolute atomic E-state index is 0.530. The van der Waals surface area contributed by atoms with Crippen LogP contribution in [0.2, 0.25) is 0 Å². The fourth-order valence-electron chi connectivity index (χ4n) is 2.24. The molecule has 4 rings (SSSR count). The third kappa shape index (κ3) is 2.53. The molecule has 2 aromatic carbocycles. The van der Waals surface area contributed by atoms with Gasteiger partial charge in [-0.2, -0.15) is 0 Å². The van der Waals surface area contributed by atoms with E-state index in [1.807, 2.05) is 34.9 Å². The highest BCUT2D eigenvalue weighted by Crippen LogP contribution is 2.35. The zero-order valence-electron chi connectivity index (χ0n) is 11.6. The largest absolute Gasteiger partial charge is 0.436 e. The van der Waals surface area contributed by atoms with Crippen molar-refractivity contribution in [1.82, 2.24) is 19.7 Å². The van der Waals surface area contributed by atoms with Crippen LogP contribution in [0.4, 0.5) is 5.69 Å². The number of hydrogen-bond donors (Lipinski definition) is 1. The van der Waals surface area contributed by atoms with Crippen LogP contribution in [0.25, 0.3) is 28.2 Å². The zero-order valence-corrected chi connectivity index (χ0v) is 14.7. The second kappa shape index (κ2) is 5.47. The third-order valence-corrected chi connectivity index (χ3v) is 4.73. The topological polar surface area (TPSA) is 82.8 Å². The van der Waals surface area contributed by atoms with Crippen molar-refractivity contribution in [3.05, 3.63) is 51.9 Å². The number of nitrogen functional groups attached to an aromatic ring is 1. The van der Waals surface area contributed by atoms with Crippen LogP contribution in [0.3, 0.4) is 0 Å². The fourth-order valence-corrected chi connectivity index (χ4v) is 3.43. The molecule has 2 aromatic heterocycles. The predicted octanol–water partition coefficient (Wildman–Crippen LogP) is 4.18. The quantitative estimate of drug-likeness (QED) is 0.478. The Hall–Kier alpha value is -2.19. The number of hydrogen-bond acceptors (Lipinski definition) is 5. The highest BCUT2D eigenvalue weighted by molar-refractivity contribution is 9.11. The Bertz CT molecular complexity index is 987. The minimum atomic E-state index is 0.530. The minimum Gasteiger partial charge on any atom is -0.436 e. The number of anilines is 1. The van der Waals surface area contributed by atoms with Gasteiger partial charge in [-0.25, -0.2) is 4.98 Å². The van der Waals surface area contributed by atoms with Gasteiger partial charge in [0.15, 0.2) is 5.58 Å². The van der Waals surface area contributed by atoms with Gasteiger partial charge in [-0.1, -0.05) is 0 Å². The van der Waals surface area contributed by atoms with Crippen molar-refractivity contribution in [2.45, 2.75) is 0 Å². The molecular formula is C15H9Br2N5O. The van der Waals surface area contributed by atoms with Gasteiger partial charge in [-0.05, 0) is 62.2 Å². The summed E-state index contributed by atoms with van der Waals surface area (Å²) in [7, 11) is 0. The summed E-state index contributed by atoms with van der Waals surface area (Å²) in [5.74, 6) is 0.530. The monoisotopic (exact) mass is 433 g/mol. The summed E-state index contributed by atoms with van der Waals surface area (Å²) in [6, 6.07) is 9.49. The molecule has 4 aromatic rings. The van der Waals surface area contributed by atoms with Crippen molar-refractivity contribution in [3.63, 3.8) is 0 Å². The van der Waals surface area contributed by atoms with Gasteiger partial charge in [0, 0.05) is 14.5 Å². The Morgan fingerprint density at radius 3 is 2.39 bits per heavy atom. The molecule has 0 bridgehead atoms. The first kappa shape index (κ1) is 14.4.